The topological polar surface area (TPSA) is 76.1 Å². The van der Waals surface area contributed by atoms with E-state index in [-0.39, 0.29) is 22.3 Å². The van der Waals surface area contributed by atoms with Crippen molar-refractivity contribution in [3.05, 3.63) is 23.8 Å². The fourth-order valence-corrected chi connectivity index (χ4v) is 4.37. The zero-order chi connectivity index (χ0) is 18.1. The van der Waals surface area contributed by atoms with Gasteiger partial charge in [0.25, 0.3) is 5.91 Å². The van der Waals surface area contributed by atoms with Crippen molar-refractivity contribution in [1.29, 1.82) is 0 Å². The number of amides is 1. The molecule has 6 nitrogen and oxygen atoms in total. The van der Waals surface area contributed by atoms with Crippen molar-refractivity contribution in [2.45, 2.75) is 32.2 Å². The molecule has 2 unspecified atom stereocenters. The van der Waals surface area contributed by atoms with Crippen LogP contribution in [0.3, 0.4) is 0 Å². The number of thioether (sulfide) groups is 1. The molecule has 1 heterocycles. The summed E-state index contributed by atoms with van der Waals surface area (Å²) in [5.74, 6) is -0.292. The van der Waals surface area contributed by atoms with Gasteiger partial charge in [-0.15, -0.1) is 11.8 Å². The van der Waals surface area contributed by atoms with E-state index < -0.39 is 12.0 Å². The van der Waals surface area contributed by atoms with Gasteiger partial charge in [0, 0.05) is 5.75 Å². The zero-order valence-electron chi connectivity index (χ0n) is 14.5. The summed E-state index contributed by atoms with van der Waals surface area (Å²) in [4.78, 5) is 26.4. The fourth-order valence-electron chi connectivity index (χ4n) is 2.80. The van der Waals surface area contributed by atoms with Crippen LogP contribution in [-0.4, -0.2) is 53.3 Å². The normalized spacial score (nSPS) is 20.8. The molecule has 1 N–H and O–H groups in total. The standard InChI is InChI=1S/C17H23NO5S/c1-17(2,3)16-18(10(9-24-16)15(20)21)14(19)13-11(22-4)7-6-8-12(13)23-5/h6-8,10,16H,9H2,1-5H3,(H,20,21). The van der Waals surface area contributed by atoms with Gasteiger partial charge < -0.3 is 19.5 Å². The molecular weight excluding hydrogens is 330 g/mol. The highest BCUT2D eigenvalue weighted by atomic mass is 32.2. The highest BCUT2D eigenvalue weighted by molar-refractivity contribution is 8.00. The number of nitrogens with zero attached hydrogens (tertiary/aromatic N) is 1. The number of benzene rings is 1. The lowest BCUT2D eigenvalue weighted by molar-refractivity contribution is -0.141. The third-order valence-corrected chi connectivity index (χ3v) is 5.66. The van der Waals surface area contributed by atoms with Gasteiger partial charge in [0.2, 0.25) is 0 Å². The van der Waals surface area contributed by atoms with E-state index in [1.165, 1.54) is 30.9 Å². The van der Waals surface area contributed by atoms with Gasteiger partial charge in [0.05, 0.1) is 19.6 Å². The lowest BCUT2D eigenvalue weighted by Crippen LogP contribution is -2.49. The average molecular weight is 353 g/mol. The summed E-state index contributed by atoms with van der Waals surface area (Å²) in [6.45, 7) is 5.98. The molecule has 7 heteroatoms. The van der Waals surface area contributed by atoms with Gasteiger partial charge in [-0.05, 0) is 17.5 Å². The van der Waals surface area contributed by atoms with Crippen LogP contribution in [0.15, 0.2) is 18.2 Å². The number of carbonyl (C=O) groups excluding carboxylic acids is 1. The van der Waals surface area contributed by atoms with Crippen molar-refractivity contribution >= 4 is 23.6 Å². The van der Waals surface area contributed by atoms with E-state index in [0.29, 0.717) is 17.3 Å². The van der Waals surface area contributed by atoms with Crippen LogP contribution in [0.4, 0.5) is 0 Å². The van der Waals surface area contributed by atoms with Crippen LogP contribution >= 0.6 is 11.8 Å². The molecule has 2 rings (SSSR count). The van der Waals surface area contributed by atoms with Crippen LogP contribution in [-0.2, 0) is 4.79 Å². The lowest BCUT2D eigenvalue weighted by atomic mass is 9.94. The smallest absolute Gasteiger partial charge is 0.327 e. The van der Waals surface area contributed by atoms with E-state index in [0.717, 1.165) is 0 Å². The predicted octanol–water partition coefficient (Wildman–Crippen LogP) is 2.72. The largest absolute Gasteiger partial charge is 0.496 e. The van der Waals surface area contributed by atoms with E-state index in [9.17, 15) is 14.7 Å². The number of carbonyl (C=O) groups is 2. The van der Waals surface area contributed by atoms with Crippen molar-refractivity contribution in [2.75, 3.05) is 20.0 Å². The monoisotopic (exact) mass is 353 g/mol. The summed E-state index contributed by atoms with van der Waals surface area (Å²) >= 11 is 1.49. The summed E-state index contributed by atoms with van der Waals surface area (Å²) in [5, 5.41) is 9.30. The molecule has 2 atom stereocenters. The molecule has 0 spiro atoms. The molecule has 1 aliphatic rings. The molecule has 132 valence electrons. The second-order valence-electron chi connectivity index (χ2n) is 6.66. The van der Waals surface area contributed by atoms with Crippen LogP contribution in [0.25, 0.3) is 0 Å². The second-order valence-corrected chi connectivity index (χ2v) is 7.77. The molecule has 0 aliphatic carbocycles. The zero-order valence-corrected chi connectivity index (χ0v) is 15.3. The maximum Gasteiger partial charge on any atom is 0.327 e. The second kappa shape index (κ2) is 6.93. The Labute approximate surface area is 146 Å². The lowest BCUT2D eigenvalue weighted by Gasteiger charge is -2.36. The molecule has 1 fully saturated rings. The van der Waals surface area contributed by atoms with Crippen LogP contribution in [0.5, 0.6) is 11.5 Å². The summed E-state index contributed by atoms with van der Waals surface area (Å²) in [5.41, 5.74) is -0.00902. The first kappa shape index (κ1) is 18.4. The summed E-state index contributed by atoms with van der Waals surface area (Å²) in [7, 11) is 2.94. The van der Waals surface area contributed by atoms with Gasteiger partial charge >= 0.3 is 5.97 Å². The van der Waals surface area contributed by atoms with Crippen molar-refractivity contribution in [1.82, 2.24) is 4.90 Å². The molecule has 0 saturated carbocycles. The van der Waals surface area contributed by atoms with E-state index in [4.69, 9.17) is 9.47 Å². The first-order valence-corrected chi connectivity index (χ1v) is 8.65. The Bertz CT molecular complexity index is 618. The minimum Gasteiger partial charge on any atom is -0.496 e. The highest BCUT2D eigenvalue weighted by Crippen LogP contribution is 2.43. The van der Waals surface area contributed by atoms with Crippen LogP contribution < -0.4 is 9.47 Å². The number of hydrogen-bond acceptors (Lipinski definition) is 5. The predicted molar refractivity (Wildman–Crippen MR) is 92.8 cm³/mol. The molecule has 24 heavy (non-hydrogen) atoms. The van der Waals surface area contributed by atoms with Gasteiger partial charge in [-0.3, -0.25) is 4.79 Å². The van der Waals surface area contributed by atoms with Crippen molar-refractivity contribution < 1.29 is 24.2 Å². The SMILES string of the molecule is COc1cccc(OC)c1C(=O)N1C(C(=O)O)CSC1C(C)(C)C. The molecule has 0 aromatic heterocycles. The first-order chi connectivity index (χ1) is 11.2. The Morgan fingerprint density at radius 3 is 2.17 bits per heavy atom. The molecule has 1 amide bonds. The van der Waals surface area contributed by atoms with Gasteiger partial charge in [0.15, 0.2) is 0 Å². The average Bonchev–Trinajstić information content (AvgIpc) is 2.98. The van der Waals surface area contributed by atoms with E-state index >= 15 is 0 Å². The van der Waals surface area contributed by atoms with Gasteiger partial charge in [-0.25, -0.2) is 4.79 Å². The number of carboxylic acids is 1. The van der Waals surface area contributed by atoms with Gasteiger partial charge in [0.1, 0.15) is 23.1 Å². The Hall–Kier alpha value is -1.89. The van der Waals surface area contributed by atoms with Crippen molar-refractivity contribution in [2.24, 2.45) is 5.41 Å². The van der Waals surface area contributed by atoms with Crippen LogP contribution in [0.2, 0.25) is 0 Å². The Kier molecular flexibility index (Phi) is 5.32. The third kappa shape index (κ3) is 3.31. The Morgan fingerprint density at radius 2 is 1.75 bits per heavy atom. The Balaban J connectivity index is 2.54. The fraction of sp³-hybridized carbons (Fsp3) is 0.529. The van der Waals surface area contributed by atoms with Crippen molar-refractivity contribution in [3.63, 3.8) is 0 Å². The van der Waals surface area contributed by atoms with Gasteiger partial charge in [-0.1, -0.05) is 26.8 Å². The molecule has 1 aromatic carbocycles. The van der Waals surface area contributed by atoms with E-state index in [1.54, 1.807) is 18.2 Å². The number of rotatable bonds is 4. The molecular formula is C17H23NO5S. The van der Waals surface area contributed by atoms with Crippen LogP contribution in [0, 0.1) is 5.41 Å². The quantitative estimate of drug-likeness (QED) is 0.897. The highest BCUT2D eigenvalue weighted by Gasteiger charge is 2.47. The first-order valence-electron chi connectivity index (χ1n) is 7.60. The number of aliphatic carboxylic acids is 1. The minimum atomic E-state index is -1.00. The number of carboxylic acid groups (broad SMARTS) is 1. The summed E-state index contributed by atoms with van der Waals surface area (Å²) in [6.07, 6.45) is 0. The molecule has 1 saturated heterocycles. The maximum atomic E-state index is 13.3. The van der Waals surface area contributed by atoms with E-state index in [1.807, 2.05) is 20.8 Å². The van der Waals surface area contributed by atoms with Gasteiger partial charge in [-0.2, -0.15) is 0 Å². The summed E-state index contributed by atoms with van der Waals surface area (Å²) in [6, 6.07) is 4.19. The van der Waals surface area contributed by atoms with Crippen LogP contribution in [0.1, 0.15) is 31.1 Å². The van der Waals surface area contributed by atoms with Crippen molar-refractivity contribution in [3.8, 4) is 11.5 Å². The summed E-state index contributed by atoms with van der Waals surface area (Å²) < 4.78 is 10.6. The molecule has 1 aliphatic heterocycles. The maximum absolute atomic E-state index is 13.3. The number of hydrogen-bond donors (Lipinski definition) is 1. The Morgan fingerprint density at radius 1 is 1.21 bits per heavy atom. The molecule has 0 radical (unpaired) electrons. The molecule has 1 aromatic rings. The minimum absolute atomic E-state index is 0.249. The molecule has 0 bridgehead atoms. The van der Waals surface area contributed by atoms with E-state index in [2.05, 4.69) is 0 Å². The number of methoxy groups -OCH3 is 2. The third-order valence-electron chi connectivity index (χ3n) is 3.90. The number of ether oxygens (including phenoxy) is 2.